The van der Waals surface area contributed by atoms with Crippen molar-refractivity contribution < 1.29 is 4.79 Å². The maximum absolute atomic E-state index is 12.8. The van der Waals surface area contributed by atoms with Crippen LogP contribution in [0.25, 0.3) is 10.9 Å². The summed E-state index contributed by atoms with van der Waals surface area (Å²) in [6.45, 7) is 6.49. The van der Waals surface area contributed by atoms with E-state index in [1.807, 2.05) is 42.2 Å². The van der Waals surface area contributed by atoms with Crippen molar-refractivity contribution in [1.29, 1.82) is 0 Å². The Morgan fingerprint density at radius 3 is 2.77 bits per heavy atom. The maximum Gasteiger partial charge on any atom is 0.254 e. The van der Waals surface area contributed by atoms with Crippen molar-refractivity contribution in [2.75, 3.05) is 19.6 Å². The maximum atomic E-state index is 12.8. The van der Waals surface area contributed by atoms with Crippen LogP contribution >= 0.6 is 24.8 Å². The van der Waals surface area contributed by atoms with Crippen molar-refractivity contribution in [3.8, 4) is 0 Å². The molecule has 3 rings (SSSR count). The Morgan fingerprint density at radius 2 is 2.05 bits per heavy atom. The highest BCUT2D eigenvalue weighted by atomic mass is 35.5. The smallest absolute Gasteiger partial charge is 0.254 e. The summed E-state index contributed by atoms with van der Waals surface area (Å²) in [5.41, 5.74) is 2.54. The molecule has 0 saturated carbocycles. The first-order chi connectivity index (χ1) is 9.66. The number of para-hydroxylation sites is 1. The van der Waals surface area contributed by atoms with Gasteiger partial charge >= 0.3 is 0 Å². The van der Waals surface area contributed by atoms with Gasteiger partial charge < -0.3 is 10.2 Å². The molecule has 1 aromatic heterocycles. The van der Waals surface area contributed by atoms with Gasteiger partial charge in [-0.3, -0.25) is 9.78 Å². The molecule has 0 radical (unpaired) electrons. The molecule has 1 N–H and O–H groups in total. The van der Waals surface area contributed by atoms with Crippen LogP contribution in [0.5, 0.6) is 0 Å². The highest BCUT2D eigenvalue weighted by Crippen LogP contribution is 2.21. The Balaban J connectivity index is 0.00000121. The quantitative estimate of drug-likeness (QED) is 0.867. The van der Waals surface area contributed by atoms with Crippen LogP contribution < -0.4 is 5.32 Å². The lowest BCUT2D eigenvalue weighted by Crippen LogP contribution is -2.52. The first kappa shape index (κ1) is 18.7. The van der Waals surface area contributed by atoms with Crippen molar-refractivity contribution in [2.24, 2.45) is 0 Å². The molecule has 0 unspecified atom stereocenters. The van der Waals surface area contributed by atoms with E-state index in [4.69, 9.17) is 0 Å². The summed E-state index contributed by atoms with van der Waals surface area (Å²) in [7, 11) is 0. The zero-order chi connectivity index (χ0) is 14.1. The van der Waals surface area contributed by atoms with E-state index in [-0.39, 0.29) is 36.8 Å². The predicted molar refractivity (Wildman–Crippen MR) is 94.3 cm³/mol. The van der Waals surface area contributed by atoms with E-state index in [0.717, 1.165) is 41.8 Å². The van der Waals surface area contributed by atoms with Gasteiger partial charge in [0.15, 0.2) is 0 Å². The SMILES string of the molecule is Cc1cc(C(=O)N2CCNC[C@H]2C)c2ccccc2n1.Cl.Cl. The molecule has 4 nitrogen and oxygen atoms in total. The molecule has 0 aliphatic carbocycles. The zero-order valence-electron chi connectivity index (χ0n) is 12.7. The molecule has 1 amide bonds. The highest BCUT2D eigenvalue weighted by molar-refractivity contribution is 6.06. The Kier molecular flexibility index (Phi) is 6.60. The molecule has 2 heterocycles. The van der Waals surface area contributed by atoms with Crippen LogP contribution in [0.1, 0.15) is 23.0 Å². The van der Waals surface area contributed by atoms with Crippen LogP contribution in [-0.4, -0.2) is 41.5 Å². The molecule has 0 spiro atoms. The minimum absolute atomic E-state index is 0. The lowest BCUT2D eigenvalue weighted by Gasteiger charge is -2.34. The molecular weight excluding hydrogens is 321 g/mol. The van der Waals surface area contributed by atoms with Crippen molar-refractivity contribution in [3.05, 3.63) is 41.6 Å². The van der Waals surface area contributed by atoms with Gasteiger partial charge in [-0.25, -0.2) is 0 Å². The second-order valence-corrected chi connectivity index (χ2v) is 5.38. The Labute approximate surface area is 143 Å². The van der Waals surface area contributed by atoms with E-state index < -0.39 is 0 Å². The van der Waals surface area contributed by atoms with Crippen molar-refractivity contribution >= 4 is 41.6 Å². The number of aryl methyl sites for hydroxylation is 1. The van der Waals surface area contributed by atoms with Gasteiger partial charge in [0, 0.05) is 36.8 Å². The summed E-state index contributed by atoms with van der Waals surface area (Å²) >= 11 is 0. The number of amides is 1. The molecular formula is C16H21Cl2N3O. The average Bonchev–Trinajstić information content (AvgIpc) is 2.46. The molecule has 1 aliphatic heterocycles. The van der Waals surface area contributed by atoms with Crippen LogP contribution in [0.3, 0.4) is 0 Å². The fourth-order valence-electron chi connectivity index (χ4n) is 2.78. The Hall–Kier alpha value is -1.36. The van der Waals surface area contributed by atoms with Gasteiger partial charge in [0.1, 0.15) is 0 Å². The Bertz CT molecular complexity index is 663. The monoisotopic (exact) mass is 341 g/mol. The van der Waals surface area contributed by atoms with Crippen LogP contribution in [0.15, 0.2) is 30.3 Å². The number of carbonyl (C=O) groups is 1. The molecule has 1 saturated heterocycles. The van der Waals surface area contributed by atoms with E-state index in [9.17, 15) is 4.79 Å². The highest BCUT2D eigenvalue weighted by Gasteiger charge is 2.25. The third kappa shape index (κ3) is 3.51. The molecule has 1 atom stereocenters. The topological polar surface area (TPSA) is 45.2 Å². The number of benzene rings is 1. The van der Waals surface area contributed by atoms with Gasteiger partial charge in [-0.1, -0.05) is 18.2 Å². The lowest BCUT2D eigenvalue weighted by molar-refractivity contribution is 0.0657. The number of nitrogens with one attached hydrogen (secondary N) is 1. The van der Waals surface area contributed by atoms with E-state index in [0.29, 0.717) is 0 Å². The number of carbonyl (C=O) groups excluding carboxylic acids is 1. The summed E-state index contributed by atoms with van der Waals surface area (Å²) in [4.78, 5) is 19.3. The van der Waals surface area contributed by atoms with Crippen LogP contribution in [0, 0.1) is 6.92 Å². The number of piperazine rings is 1. The van der Waals surface area contributed by atoms with Gasteiger partial charge in [-0.2, -0.15) is 0 Å². The number of pyridine rings is 1. The van der Waals surface area contributed by atoms with Gasteiger partial charge in [0.25, 0.3) is 5.91 Å². The molecule has 22 heavy (non-hydrogen) atoms. The lowest BCUT2D eigenvalue weighted by atomic mass is 10.0. The first-order valence-electron chi connectivity index (χ1n) is 7.05. The van der Waals surface area contributed by atoms with Gasteiger partial charge in [0.2, 0.25) is 0 Å². The first-order valence-corrected chi connectivity index (χ1v) is 7.05. The molecule has 2 aromatic rings. The summed E-state index contributed by atoms with van der Waals surface area (Å²) in [5.74, 6) is 0.112. The van der Waals surface area contributed by atoms with E-state index in [1.165, 1.54) is 0 Å². The fourth-order valence-corrected chi connectivity index (χ4v) is 2.78. The summed E-state index contributed by atoms with van der Waals surface area (Å²) in [5, 5.41) is 4.25. The second kappa shape index (κ2) is 7.77. The second-order valence-electron chi connectivity index (χ2n) is 5.38. The fraction of sp³-hybridized carbons (Fsp3) is 0.375. The minimum atomic E-state index is 0. The van der Waals surface area contributed by atoms with Crippen LogP contribution in [0.2, 0.25) is 0 Å². The van der Waals surface area contributed by atoms with Crippen molar-refractivity contribution in [1.82, 2.24) is 15.2 Å². The average molecular weight is 342 g/mol. The number of halogens is 2. The molecule has 1 fully saturated rings. The van der Waals surface area contributed by atoms with Crippen LogP contribution in [-0.2, 0) is 0 Å². The predicted octanol–water partition coefficient (Wildman–Crippen LogP) is 2.82. The summed E-state index contributed by atoms with van der Waals surface area (Å²) in [6, 6.07) is 9.97. The largest absolute Gasteiger partial charge is 0.333 e. The molecule has 120 valence electrons. The normalized spacial score (nSPS) is 17.5. The number of nitrogens with zero attached hydrogens (tertiary/aromatic N) is 2. The number of aromatic nitrogens is 1. The van der Waals surface area contributed by atoms with Gasteiger partial charge in [0.05, 0.1) is 11.1 Å². The number of rotatable bonds is 1. The van der Waals surface area contributed by atoms with E-state index >= 15 is 0 Å². The molecule has 1 aliphatic rings. The van der Waals surface area contributed by atoms with Crippen molar-refractivity contribution in [2.45, 2.75) is 19.9 Å². The zero-order valence-corrected chi connectivity index (χ0v) is 14.3. The number of fused-ring (bicyclic) bond motifs is 1. The van der Waals surface area contributed by atoms with E-state index in [1.54, 1.807) is 0 Å². The molecule has 0 bridgehead atoms. The van der Waals surface area contributed by atoms with Gasteiger partial charge in [-0.05, 0) is 26.0 Å². The Morgan fingerprint density at radius 1 is 1.32 bits per heavy atom. The van der Waals surface area contributed by atoms with Crippen LogP contribution in [0.4, 0.5) is 0 Å². The van der Waals surface area contributed by atoms with Crippen molar-refractivity contribution in [3.63, 3.8) is 0 Å². The third-order valence-electron chi connectivity index (χ3n) is 3.84. The summed E-state index contributed by atoms with van der Waals surface area (Å²) < 4.78 is 0. The standard InChI is InChI=1S/C16H19N3O.2ClH/c1-11-9-14(13-5-3-4-6-15(13)18-11)16(20)19-8-7-17-10-12(19)2;;/h3-6,9,12,17H,7-8,10H2,1-2H3;2*1H/t12-;;/m1../s1. The molecule has 6 heteroatoms. The van der Waals surface area contributed by atoms with Gasteiger partial charge in [-0.15, -0.1) is 24.8 Å². The minimum Gasteiger partial charge on any atom is -0.333 e. The van der Waals surface area contributed by atoms with E-state index in [2.05, 4.69) is 17.2 Å². The number of hydrogen-bond donors (Lipinski definition) is 1. The summed E-state index contributed by atoms with van der Waals surface area (Å²) in [6.07, 6.45) is 0. The third-order valence-corrected chi connectivity index (χ3v) is 3.84. The number of hydrogen-bond acceptors (Lipinski definition) is 3. The molecule has 1 aromatic carbocycles.